The molecule has 0 bridgehead atoms. The van der Waals surface area contributed by atoms with Crippen LogP contribution in [0.15, 0.2) is 30.3 Å². The molecule has 1 aromatic rings. The first-order chi connectivity index (χ1) is 9.99. The summed E-state index contributed by atoms with van der Waals surface area (Å²) in [6.07, 6.45) is 3.54. The lowest BCUT2D eigenvalue weighted by Gasteiger charge is -2.42. The number of benzene rings is 1. The highest BCUT2D eigenvalue weighted by Crippen LogP contribution is 2.44. The molecule has 3 atom stereocenters. The Balaban J connectivity index is 1.97. The van der Waals surface area contributed by atoms with Crippen LogP contribution in [0.3, 0.4) is 0 Å². The molecule has 0 aliphatic heterocycles. The summed E-state index contributed by atoms with van der Waals surface area (Å²) >= 11 is 0. The number of carboxylic acid groups (broad SMARTS) is 1. The minimum atomic E-state index is -0.669. The molecule has 3 heteroatoms. The zero-order chi connectivity index (χ0) is 15.3. The molecule has 21 heavy (non-hydrogen) atoms. The summed E-state index contributed by atoms with van der Waals surface area (Å²) < 4.78 is 0. The third kappa shape index (κ3) is 4.85. The number of carboxylic acids is 1. The number of rotatable bonds is 6. The Bertz CT molecular complexity index is 448. The minimum Gasteiger partial charge on any atom is -0.481 e. The molecule has 3 nitrogen and oxygen atoms in total. The van der Waals surface area contributed by atoms with Crippen LogP contribution < -0.4 is 5.32 Å². The van der Waals surface area contributed by atoms with E-state index in [2.05, 4.69) is 31.3 Å². The number of hydrogen-bond acceptors (Lipinski definition) is 2. The Morgan fingerprint density at radius 1 is 1.24 bits per heavy atom. The van der Waals surface area contributed by atoms with Crippen LogP contribution in [0.25, 0.3) is 0 Å². The van der Waals surface area contributed by atoms with Gasteiger partial charge in [0, 0.05) is 13.1 Å². The van der Waals surface area contributed by atoms with E-state index in [1.165, 1.54) is 12.0 Å². The van der Waals surface area contributed by atoms with Crippen molar-refractivity contribution in [3.8, 4) is 0 Å². The predicted octanol–water partition coefficient (Wildman–Crippen LogP) is 3.69. The van der Waals surface area contributed by atoms with Crippen molar-refractivity contribution in [2.24, 2.45) is 17.3 Å². The third-order valence-electron chi connectivity index (χ3n) is 4.57. The summed E-state index contributed by atoms with van der Waals surface area (Å²) in [4.78, 5) is 11.3. The summed E-state index contributed by atoms with van der Waals surface area (Å²) in [5, 5.41) is 12.8. The smallest absolute Gasteiger partial charge is 0.303 e. The number of hydrogen-bond donors (Lipinski definition) is 2. The molecule has 0 heterocycles. The lowest BCUT2D eigenvalue weighted by atomic mass is 9.64. The topological polar surface area (TPSA) is 49.3 Å². The first kappa shape index (κ1) is 16.0. The normalized spacial score (nSPS) is 29.2. The van der Waals surface area contributed by atoms with Gasteiger partial charge >= 0.3 is 5.97 Å². The summed E-state index contributed by atoms with van der Waals surface area (Å²) in [7, 11) is 0. The van der Waals surface area contributed by atoms with Gasteiger partial charge in [0.25, 0.3) is 0 Å². The largest absolute Gasteiger partial charge is 0.481 e. The fourth-order valence-electron chi connectivity index (χ4n) is 4.16. The molecule has 2 rings (SSSR count). The number of aliphatic carboxylic acids is 1. The average Bonchev–Trinajstić information content (AvgIpc) is 2.37. The highest BCUT2D eigenvalue weighted by molar-refractivity contribution is 5.67. The molecular formula is C18H27NO2. The Morgan fingerprint density at radius 2 is 1.86 bits per heavy atom. The fourth-order valence-corrected chi connectivity index (χ4v) is 4.16. The standard InChI is InChI=1S/C18H27NO2/c1-14-8-15(2)10-18(9-14,11-17(20)21)13-19-12-16-6-4-3-5-7-16/h3-7,14-15,19H,8-13H2,1-2H3,(H,20,21)/t14-,15+,18?. The second-order valence-corrected chi connectivity index (χ2v) is 7.01. The Hall–Kier alpha value is -1.35. The van der Waals surface area contributed by atoms with E-state index in [0.29, 0.717) is 11.8 Å². The van der Waals surface area contributed by atoms with Gasteiger partial charge in [-0.3, -0.25) is 4.79 Å². The van der Waals surface area contributed by atoms with Gasteiger partial charge in [-0.15, -0.1) is 0 Å². The van der Waals surface area contributed by atoms with E-state index in [9.17, 15) is 9.90 Å². The van der Waals surface area contributed by atoms with Crippen LogP contribution in [0.5, 0.6) is 0 Å². The van der Waals surface area contributed by atoms with Gasteiger partial charge in [0.05, 0.1) is 6.42 Å². The highest BCUT2D eigenvalue weighted by Gasteiger charge is 2.39. The summed E-state index contributed by atoms with van der Waals surface area (Å²) in [5.41, 5.74) is 1.16. The molecule has 1 unspecified atom stereocenters. The monoisotopic (exact) mass is 289 g/mol. The fraction of sp³-hybridized carbons (Fsp3) is 0.611. The molecular weight excluding hydrogens is 262 g/mol. The second-order valence-electron chi connectivity index (χ2n) is 7.01. The summed E-state index contributed by atoms with van der Waals surface area (Å²) in [5.74, 6) is 0.566. The molecule has 0 aromatic heterocycles. The van der Waals surface area contributed by atoms with Gasteiger partial charge < -0.3 is 10.4 Å². The van der Waals surface area contributed by atoms with E-state index >= 15 is 0 Å². The third-order valence-corrected chi connectivity index (χ3v) is 4.57. The minimum absolute atomic E-state index is 0.0856. The van der Waals surface area contributed by atoms with Crippen molar-refractivity contribution < 1.29 is 9.90 Å². The Morgan fingerprint density at radius 3 is 2.43 bits per heavy atom. The molecule has 116 valence electrons. The van der Waals surface area contributed by atoms with E-state index in [1.807, 2.05) is 18.2 Å². The zero-order valence-electron chi connectivity index (χ0n) is 13.1. The molecule has 1 saturated carbocycles. The van der Waals surface area contributed by atoms with Crippen LogP contribution in [0.2, 0.25) is 0 Å². The van der Waals surface area contributed by atoms with Crippen LogP contribution in [-0.4, -0.2) is 17.6 Å². The zero-order valence-corrected chi connectivity index (χ0v) is 13.1. The SMILES string of the molecule is C[C@@H]1C[C@H](C)CC(CNCc2ccccc2)(CC(=O)O)C1. The number of nitrogens with one attached hydrogen (secondary N) is 1. The molecule has 0 saturated heterocycles. The van der Waals surface area contributed by atoms with Gasteiger partial charge in [-0.2, -0.15) is 0 Å². The van der Waals surface area contributed by atoms with Gasteiger partial charge in [0.15, 0.2) is 0 Å². The molecule has 0 radical (unpaired) electrons. The van der Waals surface area contributed by atoms with Crippen LogP contribution in [0.1, 0.15) is 45.1 Å². The lowest BCUT2D eigenvalue weighted by Crippen LogP contribution is -2.41. The van der Waals surface area contributed by atoms with Gasteiger partial charge in [-0.1, -0.05) is 44.2 Å². The van der Waals surface area contributed by atoms with Crippen LogP contribution in [0, 0.1) is 17.3 Å². The molecule has 2 N–H and O–H groups in total. The van der Waals surface area contributed by atoms with Crippen LogP contribution >= 0.6 is 0 Å². The highest BCUT2D eigenvalue weighted by atomic mass is 16.4. The van der Waals surface area contributed by atoms with Crippen molar-refractivity contribution in [3.05, 3.63) is 35.9 Å². The maximum Gasteiger partial charge on any atom is 0.303 e. The molecule has 1 aliphatic carbocycles. The van der Waals surface area contributed by atoms with Crippen molar-refractivity contribution in [2.75, 3.05) is 6.54 Å². The van der Waals surface area contributed by atoms with Crippen LogP contribution in [0.4, 0.5) is 0 Å². The van der Waals surface area contributed by atoms with E-state index in [1.54, 1.807) is 0 Å². The van der Waals surface area contributed by atoms with Crippen molar-refractivity contribution in [1.82, 2.24) is 5.32 Å². The maximum absolute atomic E-state index is 11.3. The quantitative estimate of drug-likeness (QED) is 0.839. The first-order valence-corrected chi connectivity index (χ1v) is 7.95. The Labute approximate surface area is 127 Å². The van der Waals surface area contributed by atoms with E-state index in [-0.39, 0.29) is 11.8 Å². The van der Waals surface area contributed by atoms with Gasteiger partial charge in [-0.05, 0) is 42.1 Å². The van der Waals surface area contributed by atoms with Crippen molar-refractivity contribution >= 4 is 5.97 Å². The Kier molecular flexibility index (Phi) is 5.40. The van der Waals surface area contributed by atoms with Gasteiger partial charge in [-0.25, -0.2) is 0 Å². The first-order valence-electron chi connectivity index (χ1n) is 7.95. The van der Waals surface area contributed by atoms with Gasteiger partial charge in [0.2, 0.25) is 0 Å². The van der Waals surface area contributed by atoms with Crippen molar-refractivity contribution in [2.45, 2.75) is 46.1 Å². The molecule has 1 aromatic carbocycles. The molecule has 1 fully saturated rings. The van der Waals surface area contributed by atoms with Crippen molar-refractivity contribution in [3.63, 3.8) is 0 Å². The van der Waals surface area contributed by atoms with E-state index in [0.717, 1.165) is 25.9 Å². The van der Waals surface area contributed by atoms with Gasteiger partial charge in [0.1, 0.15) is 0 Å². The second kappa shape index (κ2) is 7.08. The van der Waals surface area contributed by atoms with E-state index in [4.69, 9.17) is 0 Å². The van der Waals surface area contributed by atoms with Crippen LogP contribution in [-0.2, 0) is 11.3 Å². The molecule has 0 spiro atoms. The summed E-state index contributed by atoms with van der Waals surface area (Å²) in [6, 6.07) is 10.3. The number of carbonyl (C=O) groups is 1. The summed E-state index contributed by atoms with van der Waals surface area (Å²) in [6.45, 7) is 6.11. The lowest BCUT2D eigenvalue weighted by molar-refractivity contribution is -0.140. The van der Waals surface area contributed by atoms with E-state index < -0.39 is 5.97 Å². The average molecular weight is 289 g/mol. The van der Waals surface area contributed by atoms with Crippen molar-refractivity contribution in [1.29, 1.82) is 0 Å². The maximum atomic E-state index is 11.3. The molecule has 0 amide bonds. The molecule has 1 aliphatic rings. The predicted molar refractivity (Wildman–Crippen MR) is 85.0 cm³/mol.